The molecule has 1 aliphatic rings. The quantitative estimate of drug-likeness (QED) is 0.659. The number of nitrogens with two attached hydrogens (primary N) is 1. The van der Waals surface area contributed by atoms with Crippen LogP contribution in [0.1, 0.15) is 40.5 Å². The SMILES string of the molecule is CCC1(C#N)CC(F)(F)CN1C(=O)CNC(=O)c1ccncc1.COc1ccc(C(N)=O)cc1. The fourth-order valence-electron chi connectivity index (χ4n) is 3.40. The van der Waals surface area contributed by atoms with E-state index in [1.807, 2.05) is 6.07 Å². The first kappa shape index (κ1) is 26.2. The number of primary amides is 1. The van der Waals surface area contributed by atoms with Crippen LogP contribution in [0.2, 0.25) is 0 Å². The lowest BCUT2D eigenvalue weighted by Crippen LogP contribution is -2.49. The molecule has 1 aromatic heterocycles. The summed E-state index contributed by atoms with van der Waals surface area (Å²) < 4.78 is 32.2. The molecule has 0 radical (unpaired) electrons. The monoisotopic (exact) mass is 473 g/mol. The van der Waals surface area contributed by atoms with E-state index in [9.17, 15) is 28.4 Å². The van der Waals surface area contributed by atoms with Crippen molar-refractivity contribution in [1.82, 2.24) is 15.2 Å². The highest BCUT2D eigenvalue weighted by atomic mass is 19.3. The van der Waals surface area contributed by atoms with E-state index < -0.39 is 48.7 Å². The average molecular weight is 473 g/mol. The van der Waals surface area contributed by atoms with Crippen molar-refractivity contribution < 1.29 is 27.9 Å². The molecule has 1 saturated heterocycles. The van der Waals surface area contributed by atoms with E-state index in [0.29, 0.717) is 11.1 Å². The number of likely N-dealkylation sites (tertiary alicyclic amines) is 1. The third-order valence-corrected chi connectivity index (χ3v) is 5.27. The van der Waals surface area contributed by atoms with Crippen molar-refractivity contribution in [2.75, 3.05) is 20.2 Å². The van der Waals surface area contributed by atoms with Crippen LogP contribution in [-0.2, 0) is 4.79 Å². The second-order valence-corrected chi connectivity index (χ2v) is 7.52. The number of rotatable bonds is 6. The Hall–Kier alpha value is -4.07. The van der Waals surface area contributed by atoms with Crippen LogP contribution in [0.5, 0.6) is 5.75 Å². The topological polar surface area (TPSA) is 138 Å². The number of nitrogens with one attached hydrogen (secondary N) is 1. The lowest BCUT2D eigenvalue weighted by atomic mass is 9.94. The van der Waals surface area contributed by atoms with Gasteiger partial charge in [0, 0.05) is 29.9 Å². The summed E-state index contributed by atoms with van der Waals surface area (Å²) in [6.45, 7) is 0.333. The number of pyridine rings is 1. The summed E-state index contributed by atoms with van der Waals surface area (Å²) in [4.78, 5) is 39.3. The van der Waals surface area contributed by atoms with Gasteiger partial charge in [0.1, 0.15) is 11.3 Å². The van der Waals surface area contributed by atoms with Crippen molar-refractivity contribution in [3.63, 3.8) is 0 Å². The number of methoxy groups -OCH3 is 1. The Morgan fingerprint density at radius 2 is 1.79 bits per heavy atom. The highest BCUT2D eigenvalue weighted by molar-refractivity contribution is 5.96. The largest absolute Gasteiger partial charge is 0.497 e. The molecule has 1 unspecified atom stereocenters. The maximum absolute atomic E-state index is 13.6. The molecule has 34 heavy (non-hydrogen) atoms. The number of benzene rings is 1. The number of aromatic nitrogens is 1. The van der Waals surface area contributed by atoms with Gasteiger partial charge in [-0.05, 0) is 42.8 Å². The smallest absolute Gasteiger partial charge is 0.268 e. The van der Waals surface area contributed by atoms with Gasteiger partial charge in [0.15, 0.2) is 0 Å². The van der Waals surface area contributed by atoms with Crippen molar-refractivity contribution >= 4 is 17.7 Å². The standard InChI is InChI=1S/C15H16F2N4O2.C8H9NO2/c1-2-14(9-18)8-15(16,17)10-21(14)12(22)7-20-13(23)11-3-5-19-6-4-11;1-11-7-4-2-6(3-5-7)8(9)10/h3-6H,2,7-8,10H2,1H3,(H,20,23);2-5H,1H3,(H2,9,10). The number of ether oxygens (including phenoxy) is 1. The first-order chi connectivity index (χ1) is 16.1. The first-order valence-electron chi connectivity index (χ1n) is 10.3. The average Bonchev–Trinajstić information content (AvgIpc) is 3.14. The maximum atomic E-state index is 13.6. The maximum Gasteiger partial charge on any atom is 0.268 e. The Morgan fingerprint density at radius 1 is 1.18 bits per heavy atom. The van der Waals surface area contributed by atoms with E-state index in [4.69, 9.17) is 10.5 Å². The molecule has 0 aliphatic carbocycles. The summed E-state index contributed by atoms with van der Waals surface area (Å²) >= 11 is 0. The zero-order valence-electron chi connectivity index (χ0n) is 18.8. The number of alkyl halides is 2. The third kappa shape index (κ3) is 6.48. The van der Waals surface area contributed by atoms with Gasteiger partial charge in [-0.2, -0.15) is 5.26 Å². The molecule has 2 aromatic rings. The minimum atomic E-state index is -3.10. The van der Waals surface area contributed by atoms with Crippen LogP contribution < -0.4 is 15.8 Å². The van der Waals surface area contributed by atoms with Crippen molar-refractivity contribution in [2.24, 2.45) is 5.73 Å². The molecule has 180 valence electrons. The number of amides is 3. The third-order valence-electron chi connectivity index (χ3n) is 5.27. The molecule has 0 spiro atoms. The molecule has 1 aromatic carbocycles. The first-order valence-corrected chi connectivity index (χ1v) is 10.3. The summed E-state index contributed by atoms with van der Waals surface area (Å²) in [5.41, 5.74) is 4.30. The predicted octanol–water partition coefficient (Wildman–Crippen LogP) is 2.15. The van der Waals surface area contributed by atoms with Gasteiger partial charge in [0.2, 0.25) is 11.8 Å². The van der Waals surface area contributed by atoms with Crippen LogP contribution in [0.4, 0.5) is 8.78 Å². The summed E-state index contributed by atoms with van der Waals surface area (Å²) in [7, 11) is 1.57. The molecule has 1 atom stereocenters. The van der Waals surface area contributed by atoms with Crippen LogP contribution in [0.15, 0.2) is 48.8 Å². The normalized spacial score (nSPS) is 18.1. The van der Waals surface area contributed by atoms with E-state index in [-0.39, 0.29) is 6.42 Å². The number of nitrogens with zero attached hydrogens (tertiary/aromatic N) is 3. The summed E-state index contributed by atoms with van der Waals surface area (Å²) in [6, 6.07) is 11.4. The zero-order valence-corrected chi connectivity index (χ0v) is 18.8. The van der Waals surface area contributed by atoms with Crippen molar-refractivity contribution in [3.05, 3.63) is 59.9 Å². The fourth-order valence-corrected chi connectivity index (χ4v) is 3.40. The lowest BCUT2D eigenvalue weighted by Gasteiger charge is -2.30. The van der Waals surface area contributed by atoms with E-state index >= 15 is 0 Å². The Bertz CT molecular complexity index is 1060. The zero-order chi connectivity index (χ0) is 25.4. The van der Waals surface area contributed by atoms with Crippen molar-refractivity contribution in [3.8, 4) is 11.8 Å². The molecule has 2 heterocycles. The number of hydrogen-bond donors (Lipinski definition) is 2. The van der Waals surface area contributed by atoms with Gasteiger partial charge in [-0.15, -0.1) is 0 Å². The van der Waals surface area contributed by atoms with Crippen molar-refractivity contribution in [1.29, 1.82) is 5.26 Å². The highest BCUT2D eigenvalue weighted by Gasteiger charge is 2.56. The molecule has 0 saturated carbocycles. The summed E-state index contributed by atoms with van der Waals surface area (Å²) in [5.74, 6) is -4.02. The molecular weight excluding hydrogens is 448 g/mol. The number of hydrogen-bond acceptors (Lipinski definition) is 6. The Labute approximate surface area is 195 Å². The predicted molar refractivity (Wildman–Crippen MR) is 118 cm³/mol. The summed E-state index contributed by atoms with van der Waals surface area (Å²) in [5, 5.41) is 11.6. The number of halogens is 2. The molecule has 3 rings (SSSR count). The second-order valence-electron chi connectivity index (χ2n) is 7.52. The molecule has 0 bridgehead atoms. The molecular formula is C23H25F2N5O4. The number of carbonyl (C=O) groups is 3. The minimum Gasteiger partial charge on any atom is -0.497 e. The molecule has 9 nitrogen and oxygen atoms in total. The van der Waals surface area contributed by atoms with Gasteiger partial charge in [0.05, 0.1) is 26.3 Å². The highest BCUT2D eigenvalue weighted by Crippen LogP contribution is 2.41. The lowest BCUT2D eigenvalue weighted by molar-refractivity contribution is -0.133. The van der Waals surface area contributed by atoms with Crippen LogP contribution in [0.3, 0.4) is 0 Å². The second kappa shape index (κ2) is 11.2. The van der Waals surface area contributed by atoms with Gasteiger partial charge < -0.3 is 20.7 Å². The molecule has 3 N–H and O–H groups in total. The van der Waals surface area contributed by atoms with Gasteiger partial charge in [-0.3, -0.25) is 19.4 Å². The Morgan fingerprint density at radius 3 is 2.29 bits per heavy atom. The Kier molecular flexibility index (Phi) is 8.61. The van der Waals surface area contributed by atoms with Gasteiger partial charge >= 0.3 is 0 Å². The van der Waals surface area contributed by atoms with Gasteiger partial charge in [0.25, 0.3) is 11.8 Å². The summed E-state index contributed by atoms with van der Waals surface area (Å²) in [6.07, 6.45) is 2.27. The number of nitriles is 1. The van der Waals surface area contributed by atoms with E-state index in [1.54, 1.807) is 38.3 Å². The molecule has 3 amide bonds. The Balaban J connectivity index is 0.000000310. The van der Waals surface area contributed by atoms with Crippen molar-refractivity contribution in [2.45, 2.75) is 31.2 Å². The van der Waals surface area contributed by atoms with Crippen LogP contribution in [0, 0.1) is 11.3 Å². The molecule has 11 heteroatoms. The molecule has 1 fully saturated rings. The fraction of sp³-hybridized carbons (Fsp3) is 0.348. The van der Waals surface area contributed by atoms with Crippen LogP contribution in [-0.4, -0.2) is 59.3 Å². The van der Waals surface area contributed by atoms with Gasteiger partial charge in [-0.25, -0.2) is 8.78 Å². The van der Waals surface area contributed by atoms with E-state index in [0.717, 1.165) is 10.6 Å². The number of carbonyl (C=O) groups excluding carboxylic acids is 3. The van der Waals surface area contributed by atoms with E-state index in [1.165, 1.54) is 24.5 Å². The van der Waals surface area contributed by atoms with Gasteiger partial charge in [-0.1, -0.05) is 6.92 Å². The minimum absolute atomic E-state index is 0.100. The molecule has 1 aliphatic heterocycles. The van der Waals surface area contributed by atoms with Crippen LogP contribution >= 0.6 is 0 Å². The van der Waals surface area contributed by atoms with E-state index in [2.05, 4.69) is 10.3 Å². The van der Waals surface area contributed by atoms with Crippen LogP contribution in [0.25, 0.3) is 0 Å².